The van der Waals surface area contributed by atoms with Gasteiger partial charge < -0.3 is 25.5 Å². The minimum Gasteiger partial charge on any atom is -0.393 e. The highest BCUT2D eigenvalue weighted by Gasteiger charge is 2.40. The predicted molar refractivity (Wildman–Crippen MR) is 132 cm³/mol. The van der Waals surface area contributed by atoms with Crippen LogP contribution < -0.4 is 5.32 Å². The molecule has 0 radical (unpaired) electrons. The van der Waals surface area contributed by atoms with Crippen molar-refractivity contribution in [1.82, 2.24) is 5.32 Å². The van der Waals surface area contributed by atoms with Crippen molar-refractivity contribution in [2.75, 3.05) is 6.54 Å². The maximum Gasteiger partial charge on any atom is 0.294 e. The lowest BCUT2D eigenvalue weighted by molar-refractivity contribution is -0.767. The number of unbranched alkanes of at least 4 members (excludes halogenated alkanes) is 1. The van der Waals surface area contributed by atoms with Crippen molar-refractivity contribution >= 4 is 5.91 Å². The first-order valence-corrected chi connectivity index (χ1v) is 12.6. The summed E-state index contributed by atoms with van der Waals surface area (Å²) in [4.78, 5) is 26.4. The van der Waals surface area contributed by atoms with E-state index < -0.39 is 29.5 Å². The molecule has 35 heavy (non-hydrogen) atoms. The third kappa shape index (κ3) is 11.2. The van der Waals surface area contributed by atoms with E-state index in [1.54, 1.807) is 0 Å². The van der Waals surface area contributed by atoms with Gasteiger partial charge in [-0.2, -0.15) is 0 Å². The zero-order valence-electron chi connectivity index (χ0n) is 20.5. The lowest BCUT2D eigenvalue weighted by Crippen LogP contribution is -2.32. The average molecular weight is 493 g/mol. The molecule has 1 aliphatic carbocycles. The van der Waals surface area contributed by atoms with Crippen LogP contribution in [0.5, 0.6) is 0 Å². The SMILES string of the molecule is CC(CNC(=O)CCC/C=C\C[C@@H]1[C@@H](CC[C@@H](O)CCc2ccccc2)[C@H](O)C[C@@H]1O)O[N+](=O)[O-]. The molecule has 6 atom stereocenters. The average Bonchev–Trinajstić information content (AvgIpc) is 3.09. The fourth-order valence-electron chi connectivity index (χ4n) is 4.69. The maximum atomic E-state index is 11.8. The van der Waals surface area contributed by atoms with Crippen molar-refractivity contribution in [3.05, 3.63) is 58.2 Å². The third-order valence-corrected chi connectivity index (χ3v) is 6.67. The van der Waals surface area contributed by atoms with Crippen molar-refractivity contribution in [3.8, 4) is 0 Å². The molecule has 0 saturated heterocycles. The number of nitrogens with zero attached hydrogens (tertiary/aromatic N) is 1. The molecule has 0 aliphatic heterocycles. The van der Waals surface area contributed by atoms with Gasteiger partial charge in [0, 0.05) is 13.0 Å². The summed E-state index contributed by atoms with van der Waals surface area (Å²) >= 11 is 0. The topological polar surface area (TPSA) is 142 Å². The van der Waals surface area contributed by atoms with E-state index >= 15 is 0 Å². The zero-order chi connectivity index (χ0) is 25.6. The first-order valence-electron chi connectivity index (χ1n) is 12.6. The molecule has 1 aliphatic rings. The molecular formula is C26H40N2O7. The Kier molecular flexibility index (Phi) is 12.7. The lowest BCUT2D eigenvalue weighted by atomic mass is 9.85. The van der Waals surface area contributed by atoms with Crippen LogP contribution in [0.2, 0.25) is 0 Å². The summed E-state index contributed by atoms with van der Waals surface area (Å²) in [6, 6.07) is 10.0. The molecule has 9 heteroatoms. The third-order valence-electron chi connectivity index (χ3n) is 6.67. The van der Waals surface area contributed by atoms with Gasteiger partial charge in [-0.15, -0.1) is 10.1 Å². The number of amides is 1. The standard InChI is InChI=1S/C26H40N2O7/c1-19(35-28(33)34)18-27-26(32)12-8-3-2-7-11-22-23(25(31)17-24(22)30)16-15-21(29)14-13-20-9-5-4-6-10-20/h2,4-7,9-10,19,21-25,29-31H,3,8,11-18H2,1H3,(H,27,32)/b7-2-/t19?,21-,22+,23+,24-,25+/m0/s1. The second-order valence-corrected chi connectivity index (χ2v) is 9.50. The number of aliphatic hydroxyl groups excluding tert-OH is 3. The molecule has 1 aromatic carbocycles. The van der Waals surface area contributed by atoms with Crippen LogP contribution in [0.4, 0.5) is 0 Å². The van der Waals surface area contributed by atoms with E-state index in [0.29, 0.717) is 51.4 Å². The Labute approximate surface area is 207 Å². The molecule has 0 spiro atoms. The van der Waals surface area contributed by atoms with Crippen molar-refractivity contribution in [2.24, 2.45) is 11.8 Å². The van der Waals surface area contributed by atoms with E-state index in [1.165, 1.54) is 12.5 Å². The van der Waals surface area contributed by atoms with Crippen LogP contribution in [0.3, 0.4) is 0 Å². The Bertz CT molecular complexity index is 789. The second kappa shape index (κ2) is 15.5. The summed E-state index contributed by atoms with van der Waals surface area (Å²) in [5, 5.41) is 43.2. The largest absolute Gasteiger partial charge is 0.393 e. The van der Waals surface area contributed by atoms with Crippen molar-refractivity contribution < 1.29 is 30.0 Å². The maximum absolute atomic E-state index is 11.8. The van der Waals surface area contributed by atoms with Crippen LogP contribution in [-0.4, -0.2) is 57.3 Å². The molecule has 0 heterocycles. The van der Waals surface area contributed by atoms with E-state index in [-0.39, 0.29) is 24.3 Å². The summed E-state index contributed by atoms with van der Waals surface area (Å²) in [5.74, 6) is -0.276. The highest BCUT2D eigenvalue weighted by molar-refractivity contribution is 5.75. The van der Waals surface area contributed by atoms with E-state index in [0.717, 1.165) is 6.42 Å². The van der Waals surface area contributed by atoms with Crippen molar-refractivity contribution in [2.45, 2.75) is 89.1 Å². The van der Waals surface area contributed by atoms with Gasteiger partial charge in [0.2, 0.25) is 5.91 Å². The van der Waals surface area contributed by atoms with Gasteiger partial charge in [-0.05, 0) is 75.7 Å². The number of nitrogens with one attached hydrogen (secondary N) is 1. The predicted octanol–water partition coefficient (Wildman–Crippen LogP) is 2.95. The van der Waals surface area contributed by atoms with Gasteiger partial charge in [-0.1, -0.05) is 42.5 Å². The Hall–Kier alpha value is -2.49. The van der Waals surface area contributed by atoms with E-state index in [2.05, 4.69) is 10.2 Å². The van der Waals surface area contributed by atoms with E-state index in [4.69, 9.17) is 0 Å². The number of rotatable bonds is 16. The number of allylic oxidation sites excluding steroid dienone is 2. The Morgan fingerprint density at radius 1 is 1.20 bits per heavy atom. The van der Waals surface area contributed by atoms with Crippen LogP contribution in [-0.2, 0) is 16.1 Å². The quantitative estimate of drug-likeness (QED) is 0.120. The first kappa shape index (κ1) is 28.7. The summed E-state index contributed by atoms with van der Waals surface area (Å²) in [6.07, 6.45) is 7.14. The summed E-state index contributed by atoms with van der Waals surface area (Å²) in [5.41, 5.74) is 1.20. The molecule has 1 aromatic rings. The molecule has 4 N–H and O–H groups in total. The van der Waals surface area contributed by atoms with Crippen LogP contribution in [0.25, 0.3) is 0 Å². The van der Waals surface area contributed by atoms with Crippen LogP contribution >= 0.6 is 0 Å². The van der Waals surface area contributed by atoms with E-state index in [1.807, 2.05) is 42.5 Å². The van der Waals surface area contributed by atoms with Crippen LogP contribution in [0.15, 0.2) is 42.5 Å². The van der Waals surface area contributed by atoms with Gasteiger partial charge in [0.05, 0.1) is 18.3 Å². The smallest absolute Gasteiger partial charge is 0.294 e. The van der Waals surface area contributed by atoms with Crippen LogP contribution in [0, 0.1) is 22.0 Å². The molecule has 0 bridgehead atoms. The molecule has 1 fully saturated rings. The van der Waals surface area contributed by atoms with Gasteiger partial charge in [-0.25, -0.2) is 0 Å². The Balaban J connectivity index is 1.65. The molecule has 9 nitrogen and oxygen atoms in total. The lowest BCUT2D eigenvalue weighted by Gasteiger charge is -2.23. The molecule has 1 unspecified atom stereocenters. The molecule has 1 amide bonds. The number of carbonyl (C=O) groups excluding carboxylic acids is 1. The Morgan fingerprint density at radius 3 is 2.63 bits per heavy atom. The van der Waals surface area contributed by atoms with Gasteiger partial charge in [0.1, 0.15) is 6.10 Å². The molecule has 0 aromatic heterocycles. The normalized spacial score (nSPS) is 23.8. The number of carbonyl (C=O) groups is 1. The fraction of sp³-hybridized carbons (Fsp3) is 0.654. The Morgan fingerprint density at radius 2 is 1.91 bits per heavy atom. The molecule has 2 rings (SSSR count). The highest BCUT2D eigenvalue weighted by Crippen LogP contribution is 2.38. The van der Waals surface area contributed by atoms with Crippen molar-refractivity contribution in [1.29, 1.82) is 0 Å². The van der Waals surface area contributed by atoms with Gasteiger partial charge in [-0.3, -0.25) is 4.79 Å². The molecular weight excluding hydrogens is 452 g/mol. The summed E-state index contributed by atoms with van der Waals surface area (Å²) in [7, 11) is 0. The van der Waals surface area contributed by atoms with Crippen LogP contribution in [0.1, 0.15) is 63.9 Å². The van der Waals surface area contributed by atoms with Crippen molar-refractivity contribution in [3.63, 3.8) is 0 Å². The monoisotopic (exact) mass is 492 g/mol. The van der Waals surface area contributed by atoms with E-state index in [9.17, 15) is 30.2 Å². The first-order chi connectivity index (χ1) is 16.8. The molecule has 196 valence electrons. The summed E-state index contributed by atoms with van der Waals surface area (Å²) in [6.45, 7) is 1.60. The number of hydrogen-bond donors (Lipinski definition) is 4. The molecule has 1 saturated carbocycles. The zero-order valence-corrected chi connectivity index (χ0v) is 20.5. The number of aliphatic hydroxyl groups is 3. The minimum absolute atomic E-state index is 0.0461. The number of benzene rings is 1. The highest BCUT2D eigenvalue weighted by atomic mass is 17.0. The number of aryl methyl sites for hydroxylation is 1. The summed E-state index contributed by atoms with van der Waals surface area (Å²) < 4.78 is 0. The van der Waals surface area contributed by atoms with Gasteiger partial charge in [0.25, 0.3) is 5.09 Å². The second-order valence-electron chi connectivity index (χ2n) is 9.50. The number of hydrogen-bond acceptors (Lipinski definition) is 7. The van der Waals surface area contributed by atoms with Gasteiger partial charge >= 0.3 is 0 Å². The van der Waals surface area contributed by atoms with Gasteiger partial charge in [0.15, 0.2) is 0 Å². The minimum atomic E-state index is -0.874. The fourth-order valence-corrected chi connectivity index (χ4v) is 4.69.